The summed E-state index contributed by atoms with van der Waals surface area (Å²) in [5.41, 5.74) is 0.614. The molecule has 1 unspecified atom stereocenters. The van der Waals surface area contributed by atoms with Crippen LogP contribution in [0.15, 0.2) is 18.2 Å². The molecule has 3 nitrogen and oxygen atoms in total. The number of carbonyl (C=O) groups is 1. The molecular formula is C9H11O3P. The molecule has 1 aromatic rings. The van der Waals surface area contributed by atoms with Crippen LogP contribution in [0.25, 0.3) is 0 Å². The van der Waals surface area contributed by atoms with Crippen molar-refractivity contribution in [2.45, 2.75) is 6.92 Å². The Hall–Kier alpha value is -1.08. The van der Waals surface area contributed by atoms with E-state index in [9.17, 15) is 4.79 Å². The predicted octanol–water partition coefficient (Wildman–Crippen LogP) is 2.07. The zero-order chi connectivity index (χ0) is 9.84. The van der Waals surface area contributed by atoms with Crippen molar-refractivity contribution >= 4 is 15.2 Å². The van der Waals surface area contributed by atoms with Crippen molar-refractivity contribution in [2.24, 2.45) is 0 Å². The second-order valence-electron chi connectivity index (χ2n) is 2.54. The number of benzene rings is 1. The van der Waals surface area contributed by atoms with E-state index in [0.29, 0.717) is 17.1 Å². The van der Waals surface area contributed by atoms with Crippen molar-refractivity contribution < 1.29 is 14.1 Å². The van der Waals surface area contributed by atoms with Gasteiger partial charge < -0.3 is 9.26 Å². The van der Waals surface area contributed by atoms with Crippen LogP contribution < -0.4 is 9.26 Å². The molecule has 0 spiro atoms. The molecule has 0 heterocycles. The van der Waals surface area contributed by atoms with Crippen molar-refractivity contribution in [1.82, 2.24) is 0 Å². The summed E-state index contributed by atoms with van der Waals surface area (Å²) >= 11 is 0. The maximum atomic E-state index is 11.0. The maximum absolute atomic E-state index is 11.0. The lowest BCUT2D eigenvalue weighted by Gasteiger charge is -2.07. The molecule has 0 aliphatic heterocycles. The van der Waals surface area contributed by atoms with Crippen molar-refractivity contribution in [2.75, 3.05) is 7.11 Å². The van der Waals surface area contributed by atoms with E-state index in [1.54, 1.807) is 18.2 Å². The normalized spacial score (nSPS) is 9.46. The quantitative estimate of drug-likeness (QED) is 0.551. The second kappa shape index (κ2) is 4.24. The molecule has 0 radical (unpaired) electrons. The Morgan fingerprint density at radius 1 is 1.38 bits per heavy atom. The van der Waals surface area contributed by atoms with Crippen molar-refractivity contribution in [1.29, 1.82) is 0 Å². The number of ether oxygens (including phenoxy) is 1. The summed E-state index contributed by atoms with van der Waals surface area (Å²) in [7, 11) is 3.67. The average molecular weight is 198 g/mol. The van der Waals surface area contributed by atoms with Gasteiger partial charge in [-0.1, -0.05) is 0 Å². The first-order chi connectivity index (χ1) is 6.19. The van der Waals surface area contributed by atoms with E-state index in [-0.39, 0.29) is 5.78 Å². The van der Waals surface area contributed by atoms with E-state index in [2.05, 4.69) is 9.47 Å². The van der Waals surface area contributed by atoms with Crippen LogP contribution in [0.1, 0.15) is 17.3 Å². The SMILES string of the molecule is COc1cc(C(C)=O)ccc1OP. The van der Waals surface area contributed by atoms with Crippen LogP contribution in [-0.4, -0.2) is 12.9 Å². The fourth-order valence-electron chi connectivity index (χ4n) is 0.984. The minimum Gasteiger partial charge on any atom is -0.493 e. The zero-order valence-electron chi connectivity index (χ0n) is 7.53. The van der Waals surface area contributed by atoms with Crippen LogP contribution in [0.5, 0.6) is 11.5 Å². The first-order valence-corrected chi connectivity index (χ1v) is 4.22. The van der Waals surface area contributed by atoms with Crippen LogP contribution >= 0.6 is 9.47 Å². The second-order valence-corrected chi connectivity index (χ2v) is 2.78. The first-order valence-electron chi connectivity index (χ1n) is 3.74. The van der Waals surface area contributed by atoms with Gasteiger partial charge >= 0.3 is 0 Å². The monoisotopic (exact) mass is 198 g/mol. The maximum Gasteiger partial charge on any atom is 0.164 e. The fourth-order valence-corrected chi connectivity index (χ4v) is 1.18. The predicted molar refractivity (Wildman–Crippen MR) is 53.3 cm³/mol. The van der Waals surface area contributed by atoms with Gasteiger partial charge in [-0.2, -0.15) is 0 Å². The van der Waals surface area contributed by atoms with Gasteiger partial charge in [0.1, 0.15) is 0 Å². The van der Waals surface area contributed by atoms with Gasteiger partial charge in [0.05, 0.1) is 16.6 Å². The largest absolute Gasteiger partial charge is 0.493 e. The number of hydrogen-bond donors (Lipinski definition) is 0. The Morgan fingerprint density at radius 2 is 2.08 bits per heavy atom. The van der Waals surface area contributed by atoms with Crippen LogP contribution in [-0.2, 0) is 0 Å². The van der Waals surface area contributed by atoms with Crippen molar-refractivity contribution in [3.63, 3.8) is 0 Å². The molecule has 13 heavy (non-hydrogen) atoms. The number of Topliss-reactive ketones (excluding diaryl/α,β-unsaturated/α-hetero) is 1. The zero-order valence-corrected chi connectivity index (χ0v) is 8.69. The van der Waals surface area contributed by atoms with Gasteiger partial charge in [-0.15, -0.1) is 0 Å². The van der Waals surface area contributed by atoms with Crippen LogP contribution in [0.3, 0.4) is 0 Å². The summed E-state index contributed by atoms with van der Waals surface area (Å²) < 4.78 is 9.99. The van der Waals surface area contributed by atoms with Crippen molar-refractivity contribution in [3.8, 4) is 11.5 Å². The highest BCUT2D eigenvalue weighted by Gasteiger charge is 2.06. The standard InChI is InChI=1S/C9H11O3P/c1-6(10)7-3-4-8(12-13)9(5-7)11-2/h3-5H,13H2,1-2H3. The van der Waals surface area contributed by atoms with Gasteiger partial charge in [0.15, 0.2) is 17.3 Å². The average Bonchev–Trinajstić information content (AvgIpc) is 2.16. The molecule has 1 aromatic carbocycles. The molecular weight excluding hydrogens is 187 g/mol. The Balaban J connectivity index is 3.13. The molecule has 0 fully saturated rings. The smallest absolute Gasteiger partial charge is 0.164 e. The molecule has 0 amide bonds. The van der Waals surface area contributed by atoms with Crippen LogP contribution in [0.4, 0.5) is 0 Å². The third kappa shape index (κ3) is 2.19. The third-order valence-corrected chi connectivity index (χ3v) is 1.95. The highest BCUT2D eigenvalue weighted by molar-refractivity contribution is 7.10. The number of rotatable bonds is 3. The number of hydrogen-bond acceptors (Lipinski definition) is 3. The van der Waals surface area contributed by atoms with E-state index >= 15 is 0 Å². The van der Waals surface area contributed by atoms with Crippen LogP contribution in [0, 0.1) is 0 Å². The topological polar surface area (TPSA) is 35.5 Å². The van der Waals surface area contributed by atoms with Gasteiger partial charge in [-0.05, 0) is 25.1 Å². The summed E-state index contributed by atoms with van der Waals surface area (Å²) in [5, 5.41) is 0. The number of methoxy groups -OCH3 is 1. The molecule has 4 heteroatoms. The summed E-state index contributed by atoms with van der Waals surface area (Å²) in [5.74, 6) is 1.16. The summed E-state index contributed by atoms with van der Waals surface area (Å²) in [4.78, 5) is 11.0. The molecule has 0 bridgehead atoms. The molecule has 0 saturated carbocycles. The summed E-state index contributed by atoms with van der Waals surface area (Å²) in [6, 6.07) is 5.05. The molecule has 1 atom stereocenters. The van der Waals surface area contributed by atoms with E-state index in [0.717, 1.165) is 0 Å². The highest BCUT2D eigenvalue weighted by atomic mass is 31.0. The summed E-state index contributed by atoms with van der Waals surface area (Å²) in [6.45, 7) is 1.51. The number of ketones is 1. The summed E-state index contributed by atoms with van der Waals surface area (Å²) in [6.07, 6.45) is 0. The first kappa shape index (κ1) is 10.0. The lowest BCUT2D eigenvalue weighted by molar-refractivity contribution is 0.101. The molecule has 70 valence electrons. The Morgan fingerprint density at radius 3 is 2.54 bits per heavy atom. The van der Waals surface area contributed by atoms with E-state index in [1.165, 1.54) is 14.0 Å². The molecule has 0 aromatic heterocycles. The van der Waals surface area contributed by atoms with E-state index in [4.69, 9.17) is 9.26 Å². The van der Waals surface area contributed by atoms with Crippen molar-refractivity contribution in [3.05, 3.63) is 23.8 Å². The minimum absolute atomic E-state index is 0.00797. The van der Waals surface area contributed by atoms with Gasteiger partial charge in [-0.3, -0.25) is 4.79 Å². The van der Waals surface area contributed by atoms with Crippen LogP contribution in [0.2, 0.25) is 0 Å². The van der Waals surface area contributed by atoms with Gasteiger partial charge in [-0.25, -0.2) is 0 Å². The fraction of sp³-hybridized carbons (Fsp3) is 0.222. The van der Waals surface area contributed by atoms with Gasteiger partial charge in [0, 0.05) is 5.56 Å². The van der Waals surface area contributed by atoms with Gasteiger partial charge in [0.25, 0.3) is 0 Å². The highest BCUT2D eigenvalue weighted by Crippen LogP contribution is 2.29. The molecule has 0 saturated heterocycles. The Bertz CT molecular complexity index is 323. The lowest BCUT2D eigenvalue weighted by atomic mass is 10.1. The molecule has 1 rings (SSSR count). The molecule has 0 aliphatic carbocycles. The Kier molecular flexibility index (Phi) is 3.26. The van der Waals surface area contributed by atoms with E-state index in [1.807, 2.05) is 0 Å². The molecule has 0 aliphatic rings. The Labute approximate surface area is 79.3 Å². The molecule has 0 N–H and O–H groups in total. The van der Waals surface area contributed by atoms with E-state index < -0.39 is 0 Å². The minimum atomic E-state index is 0.00797. The number of carbonyl (C=O) groups excluding carboxylic acids is 1. The van der Waals surface area contributed by atoms with Gasteiger partial charge in [0.2, 0.25) is 0 Å². The third-order valence-electron chi connectivity index (χ3n) is 1.70. The lowest BCUT2D eigenvalue weighted by Crippen LogP contribution is -1.94.